The van der Waals surface area contributed by atoms with E-state index in [0.29, 0.717) is 47.2 Å². The van der Waals surface area contributed by atoms with E-state index in [4.69, 9.17) is 10.2 Å². The van der Waals surface area contributed by atoms with Gasteiger partial charge >= 0.3 is 0 Å². The van der Waals surface area contributed by atoms with Gasteiger partial charge in [-0.15, -0.1) is 0 Å². The molecular formula is C19H27N5O2. The zero-order chi connectivity index (χ0) is 18.3. The van der Waals surface area contributed by atoms with Gasteiger partial charge in [-0.1, -0.05) is 6.42 Å². The summed E-state index contributed by atoms with van der Waals surface area (Å²) in [7, 11) is 0. The summed E-state index contributed by atoms with van der Waals surface area (Å²) in [6, 6.07) is 0. The average Bonchev–Trinajstić information content (AvgIpc) is 3.18. The first kappa shape index (κ1) is 17.3. The molecule has 0 spiro atoms. The highest BCUT2D eigenvalue weighted by Gasteiger charge is 2.39. The maximum Gasteiger partial charge on any atom is 0.258 e. The first-order valence-corrected chi connectivity index (χ1v) is 9.52. The Morgan fingerprint density at radius 3 is 2.81 bits per heavy atom. The van der Waals surface area contributed by atoms with Crippen molar-refractivity contribution in [1.29, 1.82) is 0 Å². The van der Waals surface area contributed by atoms with Crippen LogP contribution >= 0.6 is 0 Å². The van der Waals surface area contributed by atoms with Gasteiger partial charge in [0, 0.05) is 25.2 Å². The molecule has 0 bridgehead atoms. The first-order chi connectivity index (χ1) is 12.5. The second-order valence-corrected chi connectivity index (χ2v) is 7.96. The number of nitrogens with one attached hydrogen (secondary N) is 1. The van der Waals surface area contributed by atoms with E-state index in [-0.39, 0.29) is 11.4 Å². The molecule has 2 heterocycles. The lowest BCUT2D eigenvalue weighted by Gasteiger charge is -2.32. The second kappa shape index (κ2) is 6.54. The quantitative estimate of drug-likeness (QED) is 0.791. The summed E-state index contributed by atoms with van der Waals surface area (Å²) < 4.78 is 5.80. The molecule has 2 aliphatic rings. The molecule has 26 heavy (non-hydrogen) atoms. The molecular weight excluding hydrogens is 330 g/mol. The molecule has 0 aromatic carbocycles. The summed E-state index contributed by atoms with van der Waals surface area (Å²) in [6.45, 7) is 5.74. The van der Waals surface area contributed by atoms with Gasteiger partial charge < -0.3 is 20.4 Å². The maximum atomic E-state index is 13.4. The van der Waals surface area contributed by atoms with Gasteiger partial charge in [-0.05, 0) is 45.4 Å². The number of carbonyl (C=O) groups excluding carboxylic acids is 1. The van der Waals surface area contributed by atoms with Crippen LogP contribution in [0.2, 0.25) is 0 Å². The molecule has 2 fully saturated rings. The summed E-state index contributed by atoms with van der Waals surface area (Å²) in [5.41, 5.74) is 6.86. The van der Waals surface area contributed by atoms with Crippen molar-refractivity contribution in [2.24, 2.45) is 11.7 Å². The highest BCUT2D eigenvalue weighted by Crippen LogP contribution is 2.40. The molecule has 7 heteroatoms. The second-order valence-electron chi connectivity index (χ2n) is 7.96. The normalized spacial score (nSPS) is 18.6. The van der Waals surface area contributed by atoms with E-state index in [1.54, 1.807) is 0 Å². The molecule has 7 nitrogen and oxygen atoms in total. The van der Waals surface area contributed by atoms with E-state index in [2.05, 4.69) is 22.2 Å². The Hall–Kier alpha value is -2.15. The molecule has 1 amide bonds. The van der Waals surface area contributed by atoms with E-state index in [1.165, 1.54) is 25.6 Å². The van der Waals surface area contributed by atoms with Gasteiger partial charge in [0.2, 0.25) is 5.71 Å². The lowest BCUT2D eigenvalue weighted by molar-refractivity contribution is 0.0701. The van der Waals surface area contributed by atoms with Crippen molar-refractivity contribution in [3.8, 4) is 0 Å². The van der Waals surface area contributed by atoms with Crippen LogP contribution < -0.4 is 11.1 Å². The number of rotatable bonds is 7. The first-order valence-electron chi connectivity index (χ1n) is 9.52. The number of hydrogen-bond donors (Lipinski definition) is 2. The third-order valence-corrected chi connectivity index (χ3v) is 5.69. The van der Waals surface area contributed by atoms with Crippen molar-refractivity contribution in [3.63, 3.8) is 0 Å². The van der Waals surface area contributed by atoms with Crippen LogP contribution in [-0.4, -0.2) is 45.9 Å². The Morgan fingerprint density at radius 2 is 2.19 bits per heavy atom. The molecule has 0 radical (unpaired) electrons. The lowest BCUT2D eigenvalue weighted by Crippen LogP contribution is -2.40. The zero-order valence-electron chi connectivity index (χ0n) is 15.5. The number of fused-ring (bicyclic) bond motifs is 1. The largest absolute Gasteiger partial charge is 0.442 e. The van der Waals surface area contributed by atoms with Gasteiger partial charge in [-0.25, -0.2) is 9.97 Å². The zero-order valence-corrected chi connectivity index (χ0v) is 15.5. The minimum atomic E-state index is -0.0302. The minimum absolute atomic E-state index is 0.0302. The van der Waals surface area contributed by atoms with Crippen molar-refractivity contribution in [2.75, 3.05) is 25.0 Å². The smallest absolute Gasteiger partial charge is 0.258 e. The Bertz CT molecular complexity index is 823. The molecule has 2 aromatic heterocycles. The number of aryl methyl sites for hydroxylation is 1. The third kappa shape index (κ3) is 3.16. The standard InChI is InChI=1S/C19H27N5O2/c1-12-14(18(25)24(9-8-20)10-13-4-3-5-13)15-16(23-19(2)6-7-19)21-11-22-17(15)26-12/h11,13H,3-10,20H2,1-2H3,(H,21,22,23). The number of furan rings is 1. The van der Waals surface area contributed by atoms with Crippen molar-refractivity contribution in [1.82, 2.24) is 14.9 Å². The van der Waals surface area contributed by atoms with Crippen molar-refractivity contribution >= 4 is 22.8 Å². The number of carbonyl (C=O) groups is 1. The van der Waals surface area contributed by atoms with Crippen molar-refractivity contribution < 1.29 is 9.21 Å². The van der Waals surface area contributed by atoms with Crippen LogP contribution in [0, 0.1) is 12.8 Å². The number of nitrogens with zero attached hydrogens (tertiary/aromatic N) is 3. The number of nitrogens with two attached hydrogens (primary N) is 1. The Morgan fingerprint density at radius 1 is 1.42 bits per heavy atom. The van der Waals surface area contributed by atoms with Crippen LogP contribution in [0.15, 0.2) is 10.7 Å². The van der Waals surface area contributed by atoms with E-state index in [0.717, 1.165) is 19.4 Å². The summed E-state index contributed by atoms with van der Waals surface area (Å²) in [5, 5.41) is 4.16. The predicted octanol–water partition coefficient (Wildman–Crippen LogP) is 2.70. The van der Waals surface area contributed by atoms with Gasteiger partial charge in [0.15, 0.2) is 0 Å². The highest BCUT2D eigenvalue weighted by atomic mass is 16.3. The molecule has 0 atom stereocenters. The monoisotopic (exact) mass is 357 g/mol. The Labute approximate surface area is 153 Å². The molecule has 2 aliphatic carbocycles. The highest BCUT2D eigenvalue weighted by molar-refractivity contribution is 6.10. The van der Waals surface area contributed by atoms with E-state index < -0.39 is 0 Å². The van der Waals surface area contributed by atoms with Crippen LogP contribution in [0.4, 0.5) is 5.82 Å². The molecule has 0 saturated heterocycles. The number of amides is 1. The summed E-state index contributed by atoms with van der Waals surface area (Å²) in [6.07, 6.45) is 7.31. The van der Waals surface area contributed by atoms with Crippen LogP contribution in [-0.2, 0) is 0 Å². The fourth-order valence-electron chi connectivity index (χ4n) is 3.57. The van der Waals surface area contributed by atoms with Crippen LogP contribution in [0.25, 0.3) is 11.1 Å². The van der Waals surface area contributed by atoms with E-state index in [9.17, 15) is 4.79 Å². The number of hydrogen-bond acceptors (Lipinski definition) is 6. The van der Waals surface area contributed by atoms with Gasteiger partial charge in [-0.3, -0.25) is 4.79 Å². The third-order valence-electron chi connectivity index (χ3n) is 5.69. The number of aromatic nitrogens is 2. The average molecular weight is 357 g/mol. The molecule has 0 aliphatic heterocycles. The van der Waals surface area contributed by atoms with Gasteiger partial charge in [-0.2, -0.15) is 0 Å². The van der Waals surface area contributed by atoms with Crippen LogP contribution in [0.1, 0.15) is 55.1 Å². The fraction of sp³-hybridized carbons (Fsp3) is 0.632. The molecule has 4 rings (SSSR count). The van der Waals surface area contributed by atoms with Gasteiger partial charge in [0.05, 0.1) is 10.9 Å². The lowest BCUT2D eigenvalue weighted by atomic mass is 9.85. The van der Waals surface area contributed by atoms with E-state index in [1.807, 2.05) is 11.8 Å². The molecule has 140 valence electrons. The fourth-order valence-corrected chi connectivity index (χ4v) is 3.57. The van der Waals surface area contributed by atoms with Crippen LogP contribution in [0.3, 0.4) is 0 Å². The molecule has 2 aromatic rings. The van der Waals surface area contributed by atoms with Gasteiger partial charge in [0.1, 0.15) is 17.9 Å². The van der Waals surface area contributed by atoms with Gasteiger partial charge in [0.25, 0.3) is 5.91 Å². The van der Waals surface area contributed by atoms with E-state index >= 15 is 0 Å². The Balaban J connectivity index is 1.71. The molecule has 3 N–H and O–H groups in total. The SMILES string of the molecule is Cc1oc2ncnc(NC3(C)CC3)c2c1C(=O)N(CCN)CC1CCC1. The Kier molecular flexibility index (Phi) is 4.34. The van der Waals surface area contributed by atoms with Crippen molar-refractivity contribution in [2.45, 2.75) is 51.5 Å². The summed E-state index contributed by atoms with van der Waals surface area (Å²) in [4.78, 5) is 23.9. The molecule has 2 saturated carbocycles. The summed E-state index contributed by atoms with van der Waals surface area (Å²) in [5.74, 6) is 1.83. The summed E-state index contributed by atoms with van der Waals surface area (Å²) >= 11 is 0. The maximum absolute atomic E-state index is 13.4. The minimum Gasteiger partial charge on any atom is -0.442 e. The van der Waals surface area contributed by atoms with Crippen molar-refractivity contribution in [3.05, 3.63) is 17.7 Å². The number of anilines is 1. The predicted molar refractivity (Wildman–Crippen MR) is 100 cm³/mol. The van der Waals surface area contributed by atoms with Crippen LogP contribution in [0.5, 0.6) is 0 Å². The molecule has 0 unspecified atom stereocenters. The topological polar surface area (TPSA) is 97.3 Å².